The Morgan fingerprint density at radius 1 is 1.00 bits per heavy atom. The predicted octanol–water partition coefficient (Wildman–Crippen LogP) is 3.98. The molecule has 2 heterocycles. The van der Waals surface area contributed by atoms with E-state index in [1.54, 1.807) is 24.4 Å². The number of benzene rings is 1. The lowest BCUT2D eigenvalue weighted by atomic mass is 10.2. The fourth-order valence-electron chi connectivity index (χ4n) is 2.19. The topological polar surface area (TPSA) is 62.7 Å². The highest BCUT2D eigenvalue weighted by atomic mass is 19.1. The van der Waals surface area contributed by atoms with Gasteiger partial charge in [0.05, 0.1) is 17.9 Å². The van der Waals surface area contributed by atoms with Crippen molar-refractivity contribution in [3.05, 3.63) is 71.4 Å². The standard InChI is InChI=1S/C18H18FN5/c1-12-13(2)22-18(21-11-14-7-5-6-10-20-14)24-17(12)23-16-9-4-3-8-15(16)19/h3-10H,11H2,1-2H3,(H2,21,22,23,24). The van der Waals surface area contributed by atoms with Gasteiger partial charge in [-0.05, 0) is 38.1 Å². The van der Waals surface area contributed by atoms with Gasteiger partial charge in [0.25, 0.3) is 0 Å². The van der Waals surface area contributed by atoms with Crippen LogP contribution in [0, 0.1) is 19.7 Å². The number of aryl methyl sites for hydroxylation is 1. The summed E-state index contributed by atoms with van der Waals surface area (Å²) in [6, 6.07) is 12.2. The van der Waals surface area contributed by atoms with E-state index in [-0.39, 0.29) is 5.82 Å². The number of anilines is 3. The first-order valence-corrected chi connectivity index (χ1v) is 7.64. The number of halogens is 1. The van der Waals surface area contributed by atoms with Gasteiger partial charge in [0.2, 0.25) is 5.95 Å². The van der Waals surface area contributed by atoms with Crippen molar-refractivity contribution in [1.82, 2.24) is 15.0 Å². The molecule has 1 aromatic carbocycles. The third-order valence-electron chi connectivity index (χ3n) is 3.67. The van der Waals surface area contributed by atoms with Gasteiger partial charge in [-0.3, -0.25) is 4.98 Å². The zero-order valence-electron chi connectivity index (χ0n) is 13.5. The number of rotatable bonds is 5. The van der Waals surface area contributed by atoms with Crippen LogP contribution in [0.3, 0.4) is 0 Å². The van der Waals surface area contributed by atoms with Crippen LogP contribution in [0.15, 0.2) is 48.7 Å². The van der Waals surface area contributed by atoms with Crippen LogP contribution in [-0.2, 0) is 6.54 Å². The van der Waals surface area contributed by atoms with Crippen molar-refractivity contribution in [3.63, 3.8) is 0 Å². The molecule has 2 N–H and O–H groups in total. The summed E-state index contributed by atoms with van der Waals surface area (Å²) in [6.45, 7) is 4.32. The van der Waals surface area contributed by atoms with E-state index in [0.29, 0.717) is 24.0 Å². The van der Waals surface area contributed by atoms with Crippen molar-refractivity contribution in [3.8, 4) is 0 Å². The molecule has 0 fully saturated rings. The molecule has 0 spiro atoms. The van der Waals surface area contributed by atoms with Gasteiger partial charge in [-0.15, -0.1) is 0 Å². The van der Waals surface area contributed by atoms with E-state index in [4.69, 9.17) is 0 Å². The van der Waals surface area contributed by atoms with E-state index in [1.807, 2.05) is 32.0 Å². The predicted molar refractivity (Wildman–Crippen MR) is 92.8 cm³/mol. The molecule has 122 valence electrons. The molecule has 0 saturated heterocycles. The maximum atomic E-state index is 13.8. The molecule has 0 aliphatic carbocycles. The summed E-state index contributed by atoms with van der Waals surface area (Å²) in [5, 5.41) is 6.19. The minimum atomic E-state index is -0.323. The normalized spacial score (nSPS) is 10.5. The van der Waals surface area contributed by atoms with Crippen LogP contribution in [0.5, 0.6) is 0 Å². The fraction of sp³-hybridized carbons (Fsp3) is 0.167. The Morgan fingerprint density at radius 3 is 2.54 bits per heavy atom. The molecule has 3 aromatic rings. The Labute approximate surface area is 140 Å². The second-order valence-electron chi connectivity index (χ2n) is 5.39. The second kappa shape index (κ2) is 7.04. The Kier molecular flexibility index (Phi) is 4.65. The first-order valence-electron chi connectivity index (χ1n) is 7.64. The van der Waals surface area contributed by atoms with Gasteiger partial charge < -0.3 is 10.6 Å². The summed E-state index contributed by atoms with van der Waals surface area (Å²) >= 11 is 0. The van der Waals surface area contributed by atoms with E-state index in [0.717, 1.165) is 17.0 Å². The lowest BCUT2D eigenvalue weighted by Crippen LogP contribution is -2.09. The molecule has 0 unspecified atom stereocenters. The molecule has 3 rings (SSSR count). The molecular weight excluding hydrogens is 305 g/mol. The summed E-state index contributed by atoms with van der Waals surface area (Å²) in [4.78, 5) is 13.1. The molecule has 0 aliphatic heterocycles. The molecule has 2 aromatic heterocycles. The van der Waals surface area contributed by atoms with Crippen molar-refractivity contribution in [2.45, 2.75) is 20.4 Å². The average Bonchev–Trinajstić information content (AvgIpc) is 2.60. The number of hydrogen-bond donors (Lipinski definition) is 2. The van der Waals surface area contributed by atoms with E-state index in [1.165, 1.54) is 6.07 Å². The second-order valence-corrected chi connectivity index (χ2v) is 5.39. The number of nitrogens with one attached hydrogen (secondary N) is 2. The van der Waals surface area contributed by atoms with E-state index in [9.17, 15) is 4.39 Å². The number of pyridine rings is 1. The molecular formula is C18H18FN5. The van der Waals surface area contributed by atoms with Crippen LogP contribution in [0.4, 0.5) is 21.8 Å². The van der Waals surface area contributed by atoms with Gasteiger partial charge in [0, 0.05) is 17.5 Å². The molecule has 6 heteroatoms. The van der Waals surface area contributed by atoms with Gasteiger partial charge in [-0.25, -0.2) is 9.37 Å². The number of aromatic nitrogens is 3. The summed E-state index contributed by atoms with van der Waals surface area (Å²) < 4.78 is 13.8. The largest absolute Gasteiger partial charge is 0.349 e. The van der Waals surface area contributed by atoms with Crippen LogP contribution < -0.4 is 10.6 Å². The highest BCUT2D eigenvalue weighted by Gasteiger charge is 2.10. The highest BCUT2D eigenvalue weighted by molar-refractivity contribution is 5.61. The third-order valence-corrected chi connectivity index (χ3v) is 3.67. The molecule has 0 aliphatic rings. The van der Waals surface area contributed by atoms with Crippen molar-refractivity contribution in [1.29, 1.82) is 0 Å². The smallest absolute Gasteiger partial charge is 0.225 e. The summed E-state index contributed by atoms with van der Waals surface area (Å²) in [7, 11) is 0. The summed E-state index contributed by atoms with van der Waals surface area (Å²) in [6.07, 6.45) is 1.74. The van der Waals surface area contributed by atoms with E-state index in [2.05, 4.69) is 25.6 Å². The average molecular weight is 323 g/mol. The minimum absolute atomic E-state index is 0.323. The molecule has 5 nitrogen and oxygen atoms in total. The van der Waals surface area contributed by atoms with Gasteiger partial charge in [-0.2, -0.15) is 4.98 Å². The fourth-order valence-corrected chi connectivity index (χ4v) is 2.19. The maximum Gasteiger partial charge on any atom is 0.225 e. The number of nitrogens with zero attached hydrogens (tertiary/aromatic N) is 3. The molecule has 0 atom stereocenters. The Morgan fingerprint density at radius 2 is 1.79 bits per heavy atom. The SMILES string of the molecule is Cc1nc(NCc2ccccn2)nc(Nc2ccccc2F)c1C. The van der Waals surface area contributed by atoms with E-state index >= 15 is 0 Å². The van der Waals surface area contributed by atoms with Gasteiger partial charge in [-0.1, -0.05) is 18.2 Å². The molecule has 0 amide bonds. The van der Waals surface area contributed by atoms with Crippen LogP contribution in [0.25, 0.3) is 0 Å². The molecule has 0 radical (unpaired) electrons. The maximum absolute atomic E-state index is 13.8. The quantitative estimate of drug-likeness (QED) is 0.743. The van der Waals surface area contributed by atoms with Gasteiger partial charge >= 0.3 is 0 Å². The molecule has 24 heavy (non-hydrogen) atoms. The zero-order valence-corrected chi connectivity index (χ0v) is 13.5. The highest BCUT2D eigenvalue weighted by Crippen LogP contribution is 2.23. The summed E-state index contributed by atoms with van der Waals surface area (Å²) in [5.74, 6) is 0.731. The number of para-hydroxylation sites is 1. The Balaban J connectivity index is 1.82. The Bertz CT molecular complexity index is 836. The first-order chi connectivity index (χ1) is 11.6. The van der Waals surface area contributed by atoms with Crippen molar-refractivity contribution in [2.24, 2.45) is 0 Å². The van der Waals surface area contributed by atoms with Crippen LogP contribution in [0.2, 0.25) is 0 Å². The number of hydrogen-bond acceptors (Lipinski definition) is 5. The van der Waals surface area contributed by atoms with Gasteiger partial charge in [0.15, 0.2) is 0 Å². The van der Waals surface area contributed by atoms with Crippen LogP contribution in [0.1, 0.15) is 17.0 Å². The summed E-state index contributed by atoms with van der Waals surface area (Å²) in [5.41, 5.74) is 2.98. The molecule has 0 bridgehead atoms. The first kappa shape index (κ1) is 15.9. The van der Waals surface area contributed by atoms with Crippen molar-refractivity contribution in [2.75, 3.05) is 10.6 Å². The van der Waals surface area contributed by atoms with E-state index < -0.39 is 0 Å². The lowest BCUT2D eigenvalue weighted by molar-refractivity contribution is 0.632. The zero-order chi connectivity index (χ0) is 16.9. The van der Waals surface area contributed by atoms with Crippen LogP contribution in [-0.4, -0.2) is 15.0 Å². The minimum Gasteiger partial charge on any atom is -0.349 e. The molecule has 0 saturated carbocycles. The Hall–Kier alpha value is -3.02. The third kappa shape index (κ3) is 3.65. The lowest BCUT2D eigenvalue weighted by Gasteiger charge is -2.13. The van der Waals surface area contributed by atoms with Crippen molar-refractivity contribution < 1.29 is 4.39 Å². The van der Waals surface area contributed by atoms with Crippen LogP contribution >= 0.6 is 0 Å². The van der Waals surface area contributed by atoms with Gasteiger partial charge in [0.1, 0.15) is 11.6 Å². The monoisotopic (exact) mass is 323 g/mol. The van der Waals surface area contributed by atoms with Crippen molar-refractivity contribution >= 4 is 17.5 Å².